The van der Waals surface area contributed by atoms with E-state index in [1.165, 1.54) is 0 Å². The van der Waals surface area contributed by atoms with E-state index in [1.54, 1.807) is 32.7 Å². The van der Waals surface area contributed by atoms with Crippen molar-refractivity contribution >= 4 is 17.8 Å². The topological polar surface area (TPSA) is 109 Å². The van der Waals surface area contributed by atoms with Crippen LogP contribution in [-0.4, -0.2) is 54.1 Å². The van der Waals surface area contributed by atoms with Crippen LogP contribution in [0.25, 0.3) is 11.1 Å². The highest BCUT2D eigenvalue weighted by molar-refractivity contribution is 5.98. The third-order valence-electron chi connectivity index (χ3n) is 7.09. The largest absolute Gasteiger partial charge is 0.444 e. The highest BCUT2D eigenvalue weighted by Crippen LogP contribution is 2.30. The molecule has 0 unspecified atom stereocenters. The highest BCUT2D eigenvalue weighted by atomic mass is 16.6. The summed E-state index contributed by atoms with van der Waals surface area (Å²) >= 11 is 0. The van der Waals surface area contributed by atoms with Gasteiger partial charge in [-0.3, -0.25) is 9.59 Å². The number of carbonyl (C=O) groups is 3. The standard InChI is InChI=1S/C30H35N3O5/c1-29(2,3)38-28(36)32-30(11-13-37-14-12-30)26(34)16-21(18-31)15-20-5-7-22(8-6-20)23-9-10-25-24(17-23)19-33(4)27(25)35/h5-10,17,21H,11-16,19H2,1-4H3,(H,32,36)/t21-/m1/s1. The van der Waals surface area contributed by atoms with Gasteiger partial charge in [-0.2, -0.15) is 5.26 Å². The number of Topliss-reactive ketones (excluding diaryl/α,β-unsaturated/α-hetero) is 1. The molecule has 4 rings (SSSR count). The average molecular weight is 518 g/mol. The summed E-state index contributed by atoms with van der Waals surface area (Å²) in [7, 11) is 1.80. The second kappa shape index (κ2) is 11.0. The number of carbonyl (C=O) groups excluding carboxylic acids is 3. The molecule has 0 radical (unpaired) electrons. The van der Waals surface area contributed by atoms with Crippen LogP contribution in [0.15, 0.2) is 42.5 Å². The molecular formula is C30H35N3O5. The molecule has 2 aliphatic rings. The van der Waals surface area contributed by atoms with E-state index in [2.05, 4.69) is 11.4 Å². The molecule has 2 amide bonds. The molecule has 0 spiro atoms. The van der Waals surface area contributed by atoms with E-state index in [9.17, 15) is 19.6 Å². The Kier molecular flexibility index (Phi) is 7.89. The third kappa shape index (κ3) is 6.22. The summed E-state index contributed by atoms with van der Waals surface area (Å²) in [6.45, 7) is 6.62. The van der Waals surface area contributed by atoms with Crippen molar-refractivity contribution < 1.29 is 23.9 Å². The Balaban J connectivity index is 1.42. The fourth-order valence-corrected chi connectivity index (χ4v) is 5.04. The van der Waals surface area contributed by atoms with Crippen molar-refractivity contribution in [2.45, 2.75) is 64.1 Å². The summed E-state index contributed by atoms with van der Waals surface area (Å²) in [6, 6.07) is 16.1. The molecule has 200 valence electrons. The second-order valence-electron chi connectivity index (χ2n) is 11.2. The first kappa shape index (κ1) is 27.3. The maximum atomic E-state index is 13.5. The van der Waals surface area contributed by atoms with Gasteiger partial charge in [-0.25, -0.2) is 4.79 Å². The van der Waals surface area contributed by atoms with E-state index in [1.807, 2.05) is 42.5 Å². The minimum Gasteiger partial charge on any atom is -0.444 e. The summed E-state index contributed by atoms with van der Waals surface area (Å²) in [6.07, 6.45) is 0.505. The Labute approximate surface area is 223 Å². The van der Waals surface area contributed by atoms with Crippen molar-refractivity contribution in [1.82, 2.24) is 10.2 Å². The number of amides is 2. The molecule has 2 aromatic rings. The monoisotopic (exact) mass is 517 g/mol. The van der Waals surface area contributed by atoms with Gasteiger partial charge in [-0.1, -0.05) is 30.3 Å². The van der Waals surface area contributed by atoms with E-state index in [-0.39, 0.29) is 18.1 Å². The predicted octanol–water partition coefficient (Wildman–Crippen LogP) is 4.65. The second-order valence-corrected chi connectivity index (χ2v) is 11.2. The van der Waals surface area contributed by atoms with Crippen molar-refractivity contribution in [3.8, 4) is 17.2 Å². The van der Waals surface area contributed by atoms with Crippen LogP contribution in [0.2, 0.25) is 0 Å². The van der Waals surface area contributed by atoms with Crippen molar-refractivity contribution in [2.75, 3.05) is 20.3 Å². The summed E-state index contributed by atoms with van der Waals surface area (Å²) < 4.78 is 10.8. The van der Waals surface area contributed by atoms with E-state index >= 15 is 0 Å². The van der Waals surface area contributed by atoms with Crippen LogP contribution < -0.4 is 5.32 Å². The Morgan fingerprint density at radius 2 is 1.79 bits per heavy atom. The van der Waals surface area contributed by atoms with Gasteiger partial charge in [0, 0.05) is 51.6 Å². The van der Waals surface area contributed by atoms with Gasteiger partial charge in [0.2, 0.25) is 0 Å². The van der Waals surface area contributed by atoms with E-state index in [0.29, 0.717) is 39.0 Å². The summed E-state index contributed by atoms with van der Waals surface area (Å²) in [5, 5.41) is 12.7. The summed E-state index contributed by atoms with van der Waals surface area (Å²) in [5.41, 5.74) is 2.98. The number of benzene rings is 2. The fourth-order valence-electron chi connectivity index (χ4n) is 5.04. The minimum atomic E-state index is -1.09. The molecule has 2 heterocycles. The van der Waals surface area contributed by atoms with Gasteiger partial charge < -0.3 is 19.7 Å². The van der Waals surface area contributed by atoms with Crippen LogP contribution in [0.4, 0.5) is 4.79 Å². The fraction of sp³-hybridized carbons (Fsp3) is 0.467. The Hall–Kier alpha value is -3.70. The zero-order valence-electron chi connectivity index (χ0n) is 22.5. The number of hydrogen-bond donors (Lipinski definition) is 1. The lowest BCUT2D eigenvalue weighted by Gasteiger charge is -2.37. The van der Waals surface area contributed by atoms with E-state index in [4.69, 9.17) is 9.47 Å². The lowest BCUT2D eigenvalue weighted by atomic mass is 9.80. The Morgan fingerprint density at radius 3 is 2.42 bits per heavy atom. The molecule has 1 atom stereocenters. The van der Waals surface area contributed by atoms with Gasteiger partial charge in [0.25, 0.3) is 5.91 Å². The number of ether oxygens (including phenoxy) is 2. The number of alkyl carbamates (subject to hydrolysis) is 1. The minimum absolute atomic E-state index is 0.0282. The van der Waals surface area contributed by atoms with Gasteiger partial charge >= 0.3 is 6.09 Å². The van der Waals surface area contributed by atoms with Crippen LogP contribution in [0.3, 0.4) is 0 Å². The number of rotatable bonds is 7. The van der Waals surface area contributed by atoms with Crippen LogP contribution >= 0.6 is 0 Å². The number of hydrogen-bond acceptors (Lipinski definition) is 6. The summed E-state index contributed by atoms with van der Waals surface area (Å²) in [5.74, 6) is -0.662. The smallest absolute Gasteiger partial charge is 0.408 e. The SMILES string of the molecule is CN1Cc2cc(-c3ccc(C[C@@H](C#N)CC(=O)C4(NC(=O)OC(C)(C)C)CCOCC4)cc3)ccc2C1=O. The number of nitriles is 1. The molecule has 2 aliphatic heterocycles. The molecule has 2 aromatic carbocycles. The molecule has 1 N–H and O–H groups in total. The lowest BCUT2D eigenvalue weighted by Crippen LogP contribution is -2.58. The number of nitrogens with zero attached hydrogens (tertiary/aromatic N) is 2. The maximum absolute atomic E-state index is 13.5. The Morgan fingerprint density at radius 1 is 1.13 bits per heavy atom. The Bertz CT molecular complexity index is 1250. The van der Waals surface area contributed by atoms with Crippen molar-refractivity contribution in [3.05, 3.63) is 59.2 Å². The molecule has 1 fully saturated rings. The van der Waals surface area contributed by atoms with Crippen LogP contribution in [0.5, 0.6) is 0 Å². The van der Waals surface area contributed by atoms with E-state index < -0.39 is 23.2 Å². The number of nitrogens with one attached hydrogen (secondary N) is 1. The van der Waals surface area contributed by atoms with Gasteiger partial charge in [0.15, 0.2) is 5.78 Å². The first-order valence-electron chi connectivity index (χ1n) is 13.0. The molecule has 38 heavy (non-hydrogen) atoms. The van der Waals surface area contributed by atoms with Crippen LogP contribution in [-0.2, 0) is 27.2 Å². The quantitative estimate of drug-likeness (QED) is 0.573. The van der Waals surface area contributed by atoms with Gasteiger partial charge in [-0.05, 0) is 61.6 Å². The predicted molar refractivity (Wildman–Crippen MR) is 142 cm³/mol. The highest BCUT2D eigenvalue weighted by Gasteiger charge is 2.42. The lowest BCUT2D eigenvalue weighted by molar-refractivity contribution is -0.130. The molecule has 8 nitrogen and oxygen atoms in total. The first-order chi connectivity index (χ1) is 18.0. The number of fused-ring (bicyclic) bond motifs is 1. The van der Waals surface area contributed by atoms with Crippen LogP contribution in [0, 0.1) is 17.2 Å². The van der Waals surface area contributed by atoms with Crippen molar-refractivity contribution in [3.63, 3.8) is 0 Å². The molecular weight excluding hydrogens is 482 g/mol. The van der Waals surface area contributed by atoms with E-state index in [0.717, 1.165) is 27.8 Å². The molecule has 8 heteroatoms. The zero-order chi connectivity index (χ0) is 27.5. The molecule has 0 saturated carbocycles. The molecule has 0 bridgehead atoms. The van der Waals surface area contributed by atoms with Gasteiger partial charge in [0.1, 0.15) is 11.1 Å². The van der Waals surface area contributed by atoms with Gasteiger partial charge in [-0.15, -0.1) is 0 Å². The van der Waals surface area contributed by atoms with Crippen molar-refractivity contribution in [1.29, 1.82) is 5.26 Å². The average Bonchev–Trinajstić information content (AvgIpc) is 3.15. The molecule has 0 aliphatic carbocycles. The van der Waals surface area contributed by atoms with Crippen LogP contribution in [0.1, 0.15) is 61.5 Å². The number of ketones is 1. The summed E-state index contributed by atoms with van der Waals surface area (Å²) in [4.78, 5) is 39.8. The zero-order valence-corrected chi connectivity index (χ0v) is 22.5. The maximum Gasteiger partial charge on any atom is 0.408 e. The first-order valence-corrected chi connectivity index (χ1v) is 13.0. The van der Waals surface area contributed by atoms with Crippen molar-refractivity contribution in [2.24, 2.45) is 5.92 Å². The molecule has 0 aromatic heterocycles. The normalized spacial score (nSPS) is 17.3. The molecule has 1 saturated heterocycles. The van der Waals surface area contributed by atoms with Gasteiger partial charge in [0.05, 0.1) is 12.0 Å². The third-order valence-corrected chi connectivity index (χ3v) is 7.09.